The van der Waals surface area contributed by atoms with Gasteiger partial charge in [0.05, 0.1) is 13.0 Å². The van der Waals surface area contributed by atoms with Gasteiger partial charge in [-0.25, -0.2) is 0 Å². The predicted octanol–water partition coefficient (Wildman–Crippen LogP) is 1.16. The molecular weight excluding hydrogens is 206 g/mol. The predicted molar refractivity (Wildman–Crippen MR) is 60.2 cm³/mol. The summed E-state index contributed by atoms with van der Waals surface area (Å²) in [4.78, 5) is 22.5. The molecule has 0 aliphatic rings. The third-order valence-corrected chi connectivity index (χ3v) is 1.96. The smallest absolute Gasteiger partial charge is 0.311 e. The van der Waals surface area contributed by atoms with Gasteiger partial charge >= 0.3 is 5.97 Å². The molecule has 0 aliphatic heterocycles. The molecule has 16 heavy (non-hydrogen) atoms. The summed E-state index contributed by atoms with van der Waals surface area (Å²) in [5.41, 5.74) is 0. The quantitative estimate of drug-likeness (QED) is 0.578. The molecule has 0 aromatic heterocycles. The zero-order valence-electron chi connectivity index (χ0n) is 9.23. The molecular formula is C12H15NO3. The highest BCUT2D eigenvalue weighted by molar-refractivity contribution is 5.84. The third kappa shape index (κ3) is 4.70. The SMILES string of the molecule is CNCC(=O)CCC(=O)Oc1ccccc1. The number of ketones is 1. The highest BCUT2D eigenvalue weighted by atomic mass is 16.5. The monoisotopic (exact) mass is 221 g/mol. The van der Waals surface area contributed by atoms with E-state index in [4.69, 9.17) is 4.74 Å². The lowest BCUT2D eigenvalue weighted by Crippen LogP contribution is -2.20. The number of hydrogen-bond acceptors (Lipinski definition) is 4. The second-order valence-corrected chi connectivity index (χ2v) is 3.36. The molecule has 4 heteroatoms. The van der Waals surface area contributed by atoms with Crippen molar-refractivity contribution in [2.75, 3.05) is 13.6 Å². The molecule has 0 radical (unpaired) electrons. The highest BCUT2D eigenvalue weighted by Gasteiger charge is 2.08. The molecule has 0 heterocycles. The van der Waals surface area contributed by atoms with Crippen LogP contribution < -0.4 is 10.1 Å². The molecule has 1 N–H and O–H groups in total. The van der Waals surface area contributed by atoms with E-state index in [1.807, 2.05) is 6.07 Å². The topological polar surface area (TPSA) is 55.4 Å². The first-order valence-corrected chi connectivity index (χ1v) is 5.14. The van der Waals surface area contributed by atoms with Gasteiger partial charge in [-0.15, -0.1) is 0 Å². The van der Waals surface area contributed by atoms with E-state index >= 15 is 0 Å². The fourth-order valence-corrected chi connectivity index (χ4v) is 1.20. The highest BCUT2D eigenvalue weighted by Crippen LogP contribution is 2.09. The molecule has 0 fully saturated rings. The number of ether oxygens (including phenoxy) is 1. The molecule has 1 rings (SSSR count). The Morgan fingerprint density at radius 2 is 1.88 bits per heavy atom. The van der Waals surface area contributed by atoms with Crippen LogP contribution in [0.5, 0.6) is 5.75 Å². The minimum atomic E-state index is -0.379. The van der Waals surface area contributed by atoms with Crippen molar-refractivity contribution in [3.63, 3.8) is 0 Å². The number of para-hydroxylation sites is 1. The minimum Gasteiger partial charge on any atom is -0.427 e. The van der Waals surface area contributed by atoms with Crippen molar-refractivity contribution in [2.24, 2.45) is 0 Å². The lowest BCUT2D eigenvalue weighted by atomic mass is 10.2. The number of esters is 1. The Morgan fingerprint density at radius 1 is 1.19 bits per heavy atom. The van der Waals surface area contributed by atoms with Gasteiger partial charge in [-0.1, -0.05) is 18.2 Å². The maximum atomic E-state index is 11.3. The van der Waals surface area contributed by atoms with E-state index in [1.165, 1.54) is 0 Å². The largest absolute Gasteiger partial charge is 0.427 e. The van der Waals surface area contributed by atoms with Crippen molar-refractivity contribution in [2.45, 2.75) is 12.8 Å². The van der Waals surface area contributed by atoms with E-state index in [9.17, 15) is 9.59 Å². The zero-order valence-corrected chi connectivity index (χ0v) is 9.23. The van der Waals surface area contributed by atoms with Crippen LogP contribution in [-0.4, -0.2) is 25.3 Å². The first-order chi connectivity index (χ1) is 7.72. The van der Waals surface area contributed by atoms with Gasteiger partial charge < -0.3 is 10.1 Å². The van der Waals surface area contributed by atoms with Gasteiger partial charge in [0, 0.05) is 6.42 Å². The maximum absolute atomic E-state index is 11.3. The zero-order chi connectivity index (χ0) is 11.8. The second-order valence-electron chi connectivity index (χ2n) is 3.36. The van der Waals surface area contributed by atoms with Gasteiger partial charge in [-0.3, -0.25) is 9.59 Å². The number of Topliss-reactive ketones (excluding diaryl/α,β-unsaturated/α-hetero) is 1. The number of nitrogens with one attached hydrogen (secondary N) is 1. The van der Waals surface area contributed by atoms with Crippen LogP contribution in [0.3, 0.4) is 0 Å². The first-order valence-electron chi connectivity index (χ1n) is 5.14. The Hall–Kier alpha value is -1.68. The summed E-state index contributed by atoms with van der Waals surface area (Å²) in [5.74, 6) is 0.136. The van der Waals surface area contributed by atoms with Crippen LogP contribution in [0, 0.1) is 0 Å². The van der Waals surface area contributed by atoms with Crippen LogP contribution >= 0.6 is 0 Å². The molecule has 1 aromatic rings. The average Bonchev–Trinajstić information content (AvgIpc) is 2.28. The van der Waals surface area contributed by atoms with Crippen LogP contribution in [0.1, 0.15) is 12.8 Å². The van der Waals surface area contributed by atoms with Crippen molar-refractivity contribution in [3.05, 3.63) is 30.3 Å². The molecule has 0 saturated carbocycles. The molecule has 1 aromatic carbocycles. The number of hydrogen-bond donors (Lipinski definition) is 1. The van der Waals surface area contributed by atoms with Crippen molar-refractivity contribution < 1.29 is 14.3 Å². The summed E-state index contributed by atoms with van der Waals surface area (Å²) in [7, 11) is 1.69. The molecule has 0 atom stereocenters. The summed E-state index contributed by atoms with van der Waals surface area (Å²) < 4.78 is 5.03. The lowest BCUT2D eigenvalue weighted by molar-refractivity contribution is -0.136. The first kappa shape index (κ1) is 12.4. The van der Waals surface area contributed by atoms with Crippen LogP contribution in [0.2, 0.25) is 0 Å². The minimum absolute atomic E-state index is 0.00696. The molecule has 0 amide bonds. The van der Waals surface area contributed by atoms with E-state index in [0.29, 0.717) is 12.3 Å². The van der Waals surface area contributed by atoms with Crippen molar-refractivity contribution in [1.29, 1.82) is 0 Å². The van der Waals surface area contributed by atoms with Gasteiger partial charge in [0.25, 0.3) is 0 Å². The van der Waals surface area contributed by atoms with E-state index < -0.39 is 0 Å². The van der Waals surface area contributed by atoms with Crippen LogP contribution in [0.4, 0.5) is 0 Å². The Kier molecular flexibility index (Phi) is 5.22. The number of carbonyl (C=O) groups excluding carboxylic acids is 2. The van der Waals surface area contributed by atoms with Crippen molar-refractivity contribution in [3.8, 4) is 5.75 Å². The molecule has 86 valence electrons. The Labute approximate surface area is 94.6 Å². The van der Waals surface area contributed by atoms with Gasteiger partial charge in [0.2, 0.25) is 0 Å². The molecule has 0 saturated heterocycles. The summed E-state index contributed by atoms with van der Waals surface area (Å²) in [6, 6.07) is 8.82. The number of benzene rings is 1. The van der Waals surface area contributed by atoms with Crippen molar-refractivity contribution in [1.82, 2.24) is 5.32 Å². The standard InChI is InChI=1S/C12H15NO3/c1-13-9-10(14)7-8-12(15)16-11-5-3-2-4-6-11/h2-6,13H,7-9H2,1H3. The Balaban J connectivity index is 2.29. The van der Waals surface area contributed by atoms with E-state index in [0.717, 1.165) is 0 Å². The van der Waals surface area contributed by atoms with Gasteiger partial charge in [-0.05, 0) is 19.2 Å². The fourth-order valence-electron chi connectivity index (χ4n) is 1.20. The molecule has 0 unspecified atom stereocenters. The summed E-state index contributed by atoms with van der Waals surface area (Å²) >= 11 is 0. The van der Waals surface area contributed by atoms with E-state index in [1.54, 1.807) is 31.3 Å². The van der Waals surface area contributed by atoms with Gasteiger partial charge in [0.1, 0.15) is 11.5 Å². The number of likely N-dealkylation sites (N-methyl/N-ethyl adjacent to an activating group) is 1. The van der Waals surface area contributed by atoms with Gasteiger partial charge in [-0.2, -0.15) is 0 Å². The van der Waals surface area contributed by atoms with E-state index in [2.05, 4.69) is 5.32 Å². The molecule has 0 aliphatic carbocycles. The normalized spacial score (nSPS) is 9.81. The van der Waals surface area contributed by atoms with Gasteiger partial charge in [0.15, 0.2) is 0 Å². The number of rotatable bonds is 6. The van der Waals surface area contributed by atoms with Crippen LogP contribution in [-0.2, 0) is 9.59 Å². The molecule has 4 nitrogen and oxygen atoms in total. The maximum Gasteiger partial charge on any atom is 0.311 e. The summed E-state index contributed by atoms with van der Waals surface area (Å²) in [5, 5.41) is 2.74. The Bertz CT molecular complexity index is 349. The molecule has 0 bridgehead atoms. The Morgan fingerprint density at radius 3 is 2.50 bits per heavy atom. The summed E-state index contributed by atoms with van der Waals surface area (Å²) in [6.07, 6.45) is 0.335. The lowest BCUT2D eigenvalue weighted by Gasteiger charge is -2.03. The fraction of sp³-hybridized carbons (Fsp3) is 0.333. The van der Waals surface area contributed by atoms with Crippen LogP contribution in [0.15, 0.2) is 30.3 Å². The average molecular weight is 221 g/mol. The molecule has 0 spiro atoms. The third-order valence-electron chi connectivity index (χ3n) is 1.96. The second kappa shape index (κ2) is 6.74. The van der Waals surface area contributed by atoms with Crippen LogP contribution in [0.25, 0.3) is 0 Å². The van der Waals surface area contributed by atoms with Crippen molar-refractivity contribution >= 4 is 11.8 Å². The van der Waals surface area contributed by atoms with E-state index in [-0.39, 0.29) is 24.6 Å². The summed E-state index contributed by atoms with van der Waals surface area (Å²) in [6.45, 7) is 0.290. The number of carbonyl (C=O) groups is 2.